The molecule has 0 N–H and O–H groups in total. The average Bonchev–Trinajstić information content (AvgIpc) is 0. The van der Waals surface area contributed by atoms with Crippen LogP contribution < -0.4 is 51.4 Å². The Bertz CT molecular complexity index is 11.6. The quantitative estimate of drug-likeness (QED) is 0.239. The monoisotopic (exact) mass is 144 g/mol. The fourth-order valence-corrected chi connectivity index (χ4v) is 0. The topological polar surface area (TPSA) is 0 Å². The summed E-state index contributed by atoms with van der Waals surface area (Å²) in [5, 5.41) is 0. The van der Waals surface area contributed by atoms with Crippen molar-refractivity contribution in [2.24, 2.45) is 0 Å². The third kappa shape index (κ3) is 9.11. The van der Waals surface area contributed by atoms with Crippen molar-refractivity contribution in [3.8, 4) is 0 Å². The van der Waals surface area contributed by atoms with E-state index in [0.717, 1.165) is 0 Å². The molecular formula is H6CaKPSi. The zero-order valence-electron chi connectivity index (χ0n) is 4.28. The molecule has 0 aliphatic carbocycles. The van der Waals surface area contributed by atoms with Crippen LogP contribution in [0.4, 0.5) is 0 Å². The molecule has 0 bridgehead atoms. The Morgan fingerprint density at radius 2 is 1.25 bits per heavy atom. The zero-order chi connectivity index (χ0) is 0. The maximum atomic E-state index is 0. The normalized spacial score (nSPS) is 0. The van der Waals surface area contributed by atoms with E-state index in [1.807, 2.05) is 0 Å². The Kier molecular flexibility index (Phi) is 103. The third-order valence-electron chi connectivity index (χ3n) is 0. The molecule has 4 heavy (non-hydrogen) atoms. The van der Waals surface area contributed by atoms with Crippen LogP contribution in [0.1, 0.15) is 1.43 Å². The third-order valence-corrected chi connectivity index (χ3v) is 0. The Morgan fingerprint density at radius 1 is 1.25 bits per heavy atom. The van der Waals surface area contributed by atoms with Crippen LogP contribution in [0.25, 0.3) is 0 Å². The largest absolute Gasteiger partial charge is 2.00 e. The molecule has 18 valence electrons. The van der Waals surface area contributed by atoms with Crippen LogP contribution in [0.2, 0.25) is 0 Å². The Morgan fingerprint density at radius 3 is 1.25 bits per heavy atom. The van der Waals surface area contributed by atoms with Gasteiger partial charge >= 0.3 is 89.1 Å². The summed E-state index contributed by atoms with van der Waals surface area (Å²) in [5.41, 5.74) is 0. The minimum atomic E-state index is 0. The zero-order valence-corrected chi connectivity index (χ0v) is 11.8. The van der Waals surface area contributed by atoms with E-state index in [0.29, 0.717) is 0 Å². The molecule has 0 aromatic carbocycles. The molecule has 0 nitrogen and oxygen atoms in total. The van der Waals surface area contributed by atoms with Crippen LogP contribution in [0, 0.1) is 0 Å². The van der Waals surface area contributed by atoms with Gasteiger partial charge in [0, 0.05) is 0 Å². The summed E-state index contributed by atoms with van der Waals surface area (Å²) in [4.78, 5) is 0. The molecule has 0 amide bonds. The van der Waals surface area contributed by atoms with E-state index in [-0.39, 0.29) is 111 Å². The molecule has 0 saturated heterocycles. The summed E-state index contributed by atoms with van der Waals surface area (Å²) in [6, 6.07) is 0. The first-order valence-corrected chi connectivity index (χ1v) is 0. The van der Waals surface area contributed by atoms with E-state index < -0.39 is 0 Å². The first-order valence-electron chi connectivity index (χ1n) is 0. The molecule has 0 fully saturated rings. The molecule has 0 aliphatic rings. The Hall–Kier alpha value is 3.54. The fraction of sp³-hybridized carbons (Fsp3) is 0. The molecule has 0 saturated carbocycles. The molecular weight excluding hydrogens is 138 g/mol. The van der Waals surface area contributed by atoms with Crippen molar-refractivity contribution in [1.82, 2.24) is 0 Å². The van der Waals surface area contributed by atoms with Gasteiger partial charge in [0.25, 0.3) is 0 Å². The molecule has 0 radical (unpaired) electrons. The molecule has 4 heteroatoms. The second kappa shape index (κ2) is 16.0. The predicted octanol–water partition coefficient (Wildman–Crippen LogP) is -4.12. The van der Waals surface area contributed by atoms with Crippen molar-refractivity contribution < 1.29 is 52.8 Å². The Labute approximate surface area is 108 Å². The second-order valence-corrected chi connectivity index (χ2v) is 0. The first-order chi connectivity index (χ1) is 0. The number of rotatable bonds is 0. The molecule has 0 unspecified atom stereocenters. The van der Waals surface area contributed by atoms with Crippen molar-refractivity contribution in [3.63, 3.8) is 0 Å². The van der Waals surface area contributed by atoms with Crippen LogP contribution in [-0.4, -0.2) is 48.7 Å². The molecule has 0 rings (SSSR count). The van der Waals surface area contributed by atoms with Crippen molar-refractivity contribution in [1.29, 1.82) is 0 Å². The van der Waals surface area contributed by atoms with E-state index in [4.69, 9.17) is 0 Å². The van der Waals surface area contributed by atoms with Gasteiger partial charge in [-0.05, 0) is 0 Å². The minimum Gasteiger partial charge on any atom is -1.00 e. The van der Waals surface area contributed by atoms with Crippen LogP contribution in [0.3, 0.4) is 0 Å². The molecule has 0 heterocycles. The summed E-state index contributed by atoms with van der Waals surface area (Å²) in [7, 11) is 0. The van der Waals surface area contributed by atoms with Gasteiger partial charge in [0.2, 0.25) is 0 Å². The van der Waals surface area contributed by atoms with Gasteiger partial charge in [-0.15, -0.1) is 0 Å². The van der Waals surface area contributed by atoms with Gasteiger partial charge in [-0.2, -0.15) is 0 Å². The summed E-state index contributed by atoms with van der Waals surface area (Å²) in [6.45, 7) is 0. The van der Waals surface area contributed by atoms with Gasteiger partial charge in [0.1, 0.15) is 0 Å². The van der Waals surface area contributed by atoms with Gasteiger partial charge in [0.05, 0.1) is 0 Å². The van der Waals surface area contributed by atoms with Crippen LogP contribution in [-0.2, 0) is 0 Å². The number of hydrogen-bond acceptors (Lipinski definition) is 0. The van der Waals surface area contributed by atoms with Crippen LogP contribution >= 0.6 is 9.90 Å². The van der Waals surface area contributed by atoms with E-state index in [1.165, 1.54) is 0 Å². The first kappa shape index (κ1) is 25.7. The van der Waals surface area contributed by atoms with E-state index >= 15 is 0 Å². The van der Waals surface area contributed by atoms with Gasteiger partial charge in [-0.3, -0.25) is 0 Å². The van der Waals surface area contributed by atoms with Gasteiger partial charge in [-0.25, -0.2) is 0 Å². The van der Waals surface area contributed by atoms with Crippen molar-refractivity contribution in [3.05, 3.63) is 0 Å². The van der Waals surface area contributed by atoms with Gasteiger partial charge in [0.15, 0.2) is 0 Å². The molecule has 0 atom stereocenters. The van der Waals surface area contributed by atoms with E-state index in [1.54, 1.807) is 0 Å². The molecule has 0 aromatic rings. The van der Waals surface area contributed by atoms with E-state index in [9.17, 15) is 0 Å². The minimum absolute atomic E-state index is 0. The summed E-state index contributed by atoms with van der Waals surface area (Å²) in [5.74, 6) is 0. The van der Waals surface area contributed by atoms with Crippen molar-refractivity contribution >= 4 is 58.6 Å². The van der Waals surface area contributed by atoms with Gasteiger partial charge < -0.3 is 22.3 Å². The van der Waals surface area contributed by atoms with Crippen molar-refractivity contribution in [2.45, 2.75) is 0 Å². The Balaban J connectivity index is 0. The number of hydrogen-bond donors (Lipinski definition) is 0. The van der Waals surface area contributed by atoms with Crippen LogP contribution in [0.5, 0.6) is 0 Å². The smallest absolute Gasteiger partial charge is 1.00 e. The predicted molar refractivity (Wildman–Crippen MR) is 26.5 cm³/mol. The summed E-state index contributed by atoms with van der Waals surface area (Å²) in [6.07, 6.45) is 0. The standard InChI is InChI=1S/Ca.K.H2P.H3Si.H/h;;1H2;1H3;/q+2;+1;3*-1. The van der Waals surface area contributed by atoms with Gasteiger partial charge in [-0.1, -0.05) is 0 Å². The second-order valence-electron chi connectivity index (χ2n) is 0. The SMILES string of the molecule is [Ca+2].[H-].[K+].[PH2-].[SiH3-]. The fourth-order valence-electron chi connectivity index (χ4n) is 0. The molecule has 0 aliphatic heterocycles. The van der Waals surface area contributed by atoms with Crippen LogP contribution in [0.15, 0.2) is 0 Å². The average molecular weight is 144 g/mol. The summed E-state index contributed by atoms with van der Waals surface area (Å²) >= 11 is 0. The van der Waals surface area contributed by atoms with E-state index in [2.05, 4.69) is 0 Å². The maximum absolute atomic E-state index is 0. The molecule has 0 spiro atoms. The van der Waals surface area contributed by atoms with Crippen molar-refractivity contribution in [2.75, 3.05) is 0 Å². The summed E-state index contributed by atoms with van der Waals surface area (Å²) < 4.78 is 0. The molecule has 0 aromatic heterocycles. The maximum Gasteiger partial charge on any atom is 2.00 e.